The summed E-state index contributed by atoms with van der Waals surface area (Å²) in [5.74, 6) is -2.60. The fourth-order valence-corrected chi connectivity index (χ4v) is 1.86. The molecule has 1 rings (SSSR count). The summed E-state index contributed by atoms with van der Waals surface area (Å²) in [6.45, 7) is 1.57. The molecule has 0 heterocycles. The Balaban J connectivity index is 3.12. The van der Waals surface area contributed by atoms with Crippen LogP contribution in [0.4, 0.5) is 5.69 Å². The third-order valence-electron chi connectivity index (χ3n) is 3.01. The van der Waals surface area contributed by atoms with Gasteiger partial charge in [0.15, 0.2) is 5.92 Å². The number of hydrogen-bond donors (Lipinski definition) is 0. The van der Waals surface area contributed by atoms with Crippen molar-refractivity contribution in [3.05, 3.63) is 39.4 Å². The Kier molecular flexibility index (Phi) is 5.19. The molecule has 0 aliphatic carbocycles. The highest BCUT2D eigenvalue weighted by atomic mass is 16.6. The predicted octanol–water partition coefficient (Wildman–Crippen LogP) is 1.41. The Morgan fingerprint density at radius 2 is 1.80 bits per heavy atom. The number of nitrogens with zero attached hydrogens (tertiary/aromatic N) is 1. The normalized spacial score (nSPS) is 10.2. The van der Waals surface area contributed by atoms with E-state index in [-0.39, 0.29) is 12.1 Å². The van der Waals surface area contributed by atoms with Crippen molar-refractivity contribution in [2.24, 2.45) is 5.92 Å². The summed E-state index contributed by atoms with van der Waals surface area (Å²) in [6.07, 6.45) is -0.00708. The summed E-state index contributed by atoms with van der Waals surface area (Å²) < 4.78 is 9.10. The summed E-state index contributed by atoms with van der Waals surface area (Å²) in [4.78, 5) is 33.5. The molecule has 0 spiro atoms. The maximum absolute atomic E-state index is 11.6. The smallest absolute Gasteiger partial charge is 0.320 e. The standard InChI is InChI=1S/C13H15NO6/c1-8-9(5-4-6-11(8)14(17)18)7-10(12(15)19-2)13(16)20-3/h4-6,10H,7H2,1-3H3. The second kappa shape index (κ2) is 6.65. The highest BCUT2D eigenvalue weighted by Crippen LogP contribution is 2.24. The fraction of sp³-hybridized carbons (Fsp3) is 0.385. The van der Waals surface area contributed by atoms with Crippen LogP contribution in [0.2, 0.25) is 0 Å². The van der Waals surface area contributed by atoms with Gasteiger partial charge < -0.3 is 9.47 Å². The number of nitro groups is 1. The number of hydrogen-bond acceptors (Lipinski definition) is 6. The van der Waals surface area contributed by atoms with Crippen molar-refractivity contribution >= 4 is 17.6 Å². The Labute approximate surface area is 115 Å². The molecule has 0 saturated carbocycles. The number of carbonyl (C=O) groups excluding carboxylic acids is 2. The Morgan fingerprint density at radius 1 is 1.25 bits per heavy atom. The molecular weight excluding hydrogens is 266 g/mol. The molecule has 0 N–H and O–H groups in total. The Bertz CT molecular complexity index is 524. The molecule has 7 heteroatoms. The van der Waals surface area contributed by atoms with Crippen LogP contribution < -0.4 is 0 Å². The molecule has 108 valence electrons. The van der Waals surface area contributed by atoms with Gasteiger partial charge in [0.2, 0.25) is 0 Å². The lowest BCUT2D eigenvalue weighted by Crippen LogP contribution is -2.28. The number of ether oxygens (including phenoxy) is 2. The molecule has 20 heavy (non-hydrogen) atoms. The first-order valence-corrected chi connectivity index (χ1v) is 5.80. The Hall–Kier alpha value is -2.44. The zero-order valence-electron chi connectivity index (χ0n) is 11.4. The molecular formula is C13H15NO6. The van der Waals surface area contributed by atoms with Gasteiger partial charge in [-0.15, -0.1) is 0 Å². The molecule has 0 saturated heterocycles. The highest BCUT2D eigenvalue weighted by molar-refractivity contribution is 5.95. The van der Waals surface area contributed by atoms with Crippen LogP contribution in [0, 0.1) is 23.0 Å². The van der Waals surface area contributed by atoms with Gasteiger partial charge in [-0.05, 0) is 18.9 Å². The van der Waals surface area contributed by atoms with Crippen LogP contribution in [-0.2, 0) is 25.5 Å². The lowest BCUT2D eigenvalue weighted by atomic mass is 9.95. The van der Waals surface area contributed by atoms with Gasteiger partial charge in [-0.25, -0.2) is 0 Å². The van der Waals surface area contributed by atoms with E-state index in [1.165, 1.54) is 26.4 Å². The minimum Gasteiger partial charge on any atom is -0.468 e. The second-order valence-electron chi connectivity index (χ2n) is 4.12. The lowest BCUT2D eigenvalue weighted by Gasteiger charge is -2.13. The highest BCUT2D eigenvalue weighted by Gasteiger charge is 2.30. The molecule has 1 aromatic carbocycles. The molecule has 0 aromatic heterocycles. The summed E-state index contributed by atoms with van der Waals surface area (Å²) in [7, 11) is 2.33. The van der Waals surface area contributed by atoms with E-state index in [1.54, 1.807) is 13.0 Å². The van der Waals surface area contributed by atoms with Crippen LogP contribution in [0.5, 0.6) is 0 Å². The topological polar surface area (TPSA) is 95.7 Å². The maximum atomic E-state index is 11.6. The van der Waals surface area contributed by atoms with Crippen molar-refractivity contribution < 1.29 is 24.0 Å². The summed E-state index contributed by atoms with van der Waals surface area (Å²) in [5.41, 5.74) is 0.881. The van der Waals surface area contributed by atoms with E-state index in [9.17, 15) is 19.7 Å². The molecule has 0 unspecified atom stereocenters. The number of esters is 2. The van der Waals surface area contributed by atoms with Crippen molar-refractivity contribution in [2.75, 3.05) is 14.2 Å². The van der Waals surface area contributed by atoms with Crippen LogP contribution in [0.1, 0.15) is 11.1 Å². The van der Waals surface area contributed by atoms with Gasteiger partial charge in [-0.2, -0.15) is 0 Å². The fourth-order valence-electron chi connectivity index (χ4n) is 1.86. The molecule has 0 fully saturated rings. The number of methoxy groups -OCH3 is 2. The molecule has 1 aromatic rings. The van der Waals surface area contributed by atoms with Gasteiger partial charge in [-0.1, -0.05) is 12.1 Å². The number of carbonyl (C=O) groups is 2. The van der Waals surface area contributed by atoms with Gasteiger partial charge in [0.1, 0.15) is 0 Å². The molecule has 0 atom stereocenters. The molecule has 0 aliphatic heterocycles. The van der Waals surface area contributed by atoms with Crippen LogP contribution in [-0.4, -0.2) is 31.1 Å². The lowest BCUT2D eigenvalue weighted by molar-refractivity contribution is -0.385. The van der Waals surface area contributed by atoms with Gasteiger partial charge in [-0.3, -0.25) is 19.7 Å². The first kappa shape index (κ1) is 15.6. The van der Waals surface area contributed by atoms with E-state index in [2.05, 4.69) is 9.47 Å². The zero-order chi connectivity index (χ0) is 15.3. The van der Waals surface area contributed by atoms with E-state index in [4.69, 9.17) is 0 Å². The molecule has 7 nitrogen and oxygen atoms in total. The molecule has 0 amide bonds. The maximum Gasteiger partial charge on any atom is 0.320 e. The SMILES string of the molecule is COC(=O)C(Cc1cccc([N+](=O)[O-])c1C)C(=O)OC. The quantitative estimate of drug-likeness (QED) is 0.350. The van der Waals surface area contributed by atoms with Crippen LogP contribution in [0.25, 0.3) is 0 Å². The van der Waals surface area contributed by atoms with Crippen molar-refractivity contribution in [3.63, 3.8) is 0 Å². The second-order valence-corrected chi connectivity index (χ2v) is 4.12. The van der Waals surface area contributed by atoms with Gasteiger partial charge >= 0.3 is 11.9 Å². The summed E-state index contributed by atoms with van der Waals surface area (Å²) >= 11 is 0. The average molecular weight is 281 g/mol. The minimum atomic E-state index is -1.13. The molecule has 0 radical (unpaired) electrons. The summed E-state index contributed by atoms with van der Waals surface area (Å²) in [6, 6.07) is 4.50. The average Bonchev–Trinajstić information content (AvgIpc) is 2.44. The van der Waals surface area contributed by atoms with E-state index in [0.717, 1.165) is 0 Å². The third-order valence-corrected chi connectivity index (χ3v) is 3.01. The molecule has 0 bridgehead atoms. The molecule has 0 aliphatic rings. The van der Waals surface area contributed by atoms with Crippen molar-refractivity contribution in [1.82, 2.24) is 0 Å². The largest absolute Gasteiger partial charge is 0.468 e. The minimum absolute atomic E-state index is 0.00708. The van der Waals surface area contributed by atoms with E-state index in [1.807, 2.05) is 0 Å². The van der Waals surface area contributed by atoms with Gasteiger partial charge in [0.25, 0.3) is 5.69 Å². The first-order chi connectivity index (χ1) is 9.42. The van der Waals surface area contributed by atoms with Crippen LogP contribution in [0.3, 0.4) is 0 Å². The predicted molar refractivity (Wildman–Crippen MR) is 69.1 cm³/mol. The van der Waals surface area contributed by atoms with Crippen LogP contribution in [0.15, 0.2) is 18.2 Å². The van der Waals surface area contributed by atoms with Crippen molar-refractivity contribution in [3.8, 4) is 0 Å². The zero-order valence-corrected chi connectivity index (χ0v) is 11.4. The third kappa shape index (κ3) is 3.31. The Morgan fingerprint density at radius 3 is 2.25 bits per heavy atom. The number of rotatable bonds is 5. The van der Waals surface area contributed by atoms with E-state index >= 15 is 0 Å². The number of nitro benzene ring substituents is 1. The van der Waals surface area contributed by atoms with Gasteiger partial charge in [0, 0.05) is 11.6 Å². The van der Waals surface area contributed by atoms with E-state index in [0.29, 0.717) is 11.1 Å². The van der Waals surface area contributed by atoms with E-state index < -0.39 is 22.8 Å². The first-order valence-electron chi connectivity index (χ1n) is 5.80. The van der Waals surface area contributed by atoms with Crippen LogP contribution >= 0.6 is 0 Å². The monoisotopic (exact) mass is 281 g/mol. The number of benzene rings is 1. The van der Waals surface area contributed by atoms with Crippen molar-refractivity contribution in [1.29, 1.82) is 0 Å². The van der Waals surface area contributed by atoms with Gasteiger partial charge in [0.05, 0.1) is 19.1 Å². The van der Waals surface area contributed by atoms with Crippen molar-refractivity contribution in [2.45, 2.75) is 13.3 Å². The summed E-state index contributed by atoms with van der Waals surface area (Å²) in [5, 5.41) is 10.9.